The summed E-state index contributed by atoms with van der Waals surface area (Å²) in [5.74, 6) is 0.687. The van der Waals surface area contributed by atoms with Crippen molar-refractivity contribution in [3.63, 3.8) is 0 Å². The molecule has 29 heavy (non-hydrogen) atoms. The molecule has 2 rings (SSSR count). The van der Waals surface area contributed by atoms with E-state index < -0.39 is 10.4 Å². The molecule has 0 saturated carbocycles. The number of rotatable bonds is 6. The molecular weight excluding hydrogens is 396 g/mol. The van der Waals surface area contributed by atoms with E-state index >= 15 is 0 Å². The van der Waals surface area contributed by atoms with Gasteiger partial charge in [-0.25, -0.2) is 0 Å². The summed E-state index contributed by atoms with van der Waals surface area (Å²) in [4.78, 5) is 2.89. The quantitative estimate of drug-likeness (QED) is 0.339. The van der Waals surface area contributed by atoms with Crippen molar-refractivity contribution in [2.45, 2.75) is 12.8 Å². The number of phenols is 2. The Kier molecular flexibility index (Phi) is 12.9. The first kappa shape index (κ1) is 26.8. The van der Waals surface area contributed by atoms with Crippen LogP contribution in [-0.4, -0.2) is 69.0 Å². The molecule has 0 aromatic heterocycles. The summed E-state index contributed by atoms with van der Waals surface area (Å²) in [6.07, 6.45) is 2.14. The minimum absolute atomic E-state index is 0.343. The first-order valence-corrected chi connectivity index (χ1v) is 10.5. The van der Waals surface area contributed by atoms with Crippen molar-refractivity contribution in [1.82, 2.24) is 0 Å². The Morgan fingerprint density at radius 2 is 0.931 bits per heavy atom. The molecule has 0 amide bonds. The Morgan fingerprint density at radius 3 is 1.14 bits per heavy atom. The Labute approximate surface area is 173 Å². The second kappa shape index (κ2) is 13.9. The van der Waals surface area contributed by atoms with Crippen molar-refractivity contribution in [2.75, 3.05) is 41.3 Å². The summed E-state index contributed by atoms with van der Waals surface area (Å²) in [5, 5.41) is 18.1. The van der Waals surface area contributed by atoms with E-state index in [-0.39, 0.29) is 0 Å². The molecule has 0 heterocycles. The van der Waals surface area contributed by atoms with Crippen LogP contribution in [0.15, 0.2) is 48.5 Å². The van der Waals surface area contributed by atoms with Gasteiger partial charge in [-0.15, -0.1) is 0 Å². The molecule has 0 radical (unpaired) electrons. The molecule has 8 nitrogen and oxygen atoms in total. The molecule has 0 atom stereocenters. The molecular formula is C20H32N2O6S. The molecule has 0 bridgehead atoms. The highest BCUT2D eigenvalue weighted by Gasteiger charge is 1.97. The highest BCUT2D eigenvalue weighted by molar-refractivity contribution is 7.79. The minimum atomic E-state index is -5.17. The van der Waals surface area contributed by atoms with Gasteiger partial charge in [0, 0.05) is 23.2 Å². The van der Waals surface area contributed by atoms with Gasteiger partial charge >= 0.3 is 0 Å². The lowest BCUT2D eigenvalue weighted by Gasteiger charge is -2.06. The van der Waals surface area contributed by atoms with Crippen LogP contribution < -0.4 is 9.80 Å². The van der Waals surface area contributed by atoms with E-state index in [1.54, 1.807) is 24.3 Å². The zero-order chi connectivity index (χ0) is 22.4. The molecule has 4 N–H and O–H groups in total. The molecule has 0 aliphatic rings. The van der Waals surface area contributed by atoms with Crippen LogP contribution in [0.3, 0.4) is 0 Å². The fourth-order valence-electron chi connectivity index (χ4n) is 2.11. The molecule has 9 heteroatoms. The molecule has 2 aromatic carbocycles. The molecule has 2 aromatic rings. The Hall–Kier alpha value is -2.17. The van der Waals surface area contributed by atoms with Gasteiger partial charge in [0.15, 0.2) is 0 Å². The molecule has 0 saturated heterocycles. The van der Waals surface area contributed by atoms with Crippen LogP contribution in [0.5, 0.6) is 11.5 Å². The zero-order valence-electron chi connectivity index (χ0n) is 17.4. The zero-order valence-corrected chi connectivity index (χ0v) is 18.2. The van der Waals surface area contributed by atoms with Crippen molar-refractivity contribution in [3.05, 3.63) is 59.7 Å². The van der Waals surface area contributed by atoms with Gasteiger partial charge in [0.05, 0.1) is 41.3 Å². The van der Waals surface area contributed by atoms with Crippen molar-refractivity contribution >= 4 is 10.4 Å². The predicted molar refractivity (Wildman–Crippen MR) is 109 cm³/mol. The number of phenolic OH excluding ortho intramolecular Hbond substituents is 2. The van der Waals surface area contributed by atoms with Crippen molar-refractivity contribution in [1.29, 1.82) is 0 Å². The second-order valence-corrected chi connectivity index (χ2v) is 7.97. The van der Waals surface area contributed by atoms with Gasteiger partial charge in [-0.2, -0.15) is 0 Å². The van der Waals surface area contributed by atoms with Crippen molar-refractivity contribution < 1.29 is 37.5 Å². The summed E-state index contributed by atoms with van der Waals surface area (Å²) in [7, 11) is 3.39. The van der Waals surface area contributed by atoms with E-state index in [4.69, 9.17) is 27.7 Å². The minimum Gasteiger partial charge on any atom is -0.759 e. The van der Waals surface area contributed by atoms with Crippen LogP contribution >= 0.6 is 0 Å². The van der Waals surface area contributed by atoms with Gasteiger partial charge < -0.3 is 29.1 Å². The number of nitrogens with one attached hydrogen (secondary N) is 2. The van der Waals surface area contributed by atoms with Crippen LogP contribution in [0.25, 0.3) is 0 Å². The van der Waals surface area contributed by atoms with E-state index in [0.29, 0.717) is 11.5 Å². The third-order valence-corrected chi connectivity index (χ3v) is 3.70. The third-order valence-electron chi connectivity index (χ3n) is 3.70. The van der Waals surface area contributed by atoms with E-state index in [0.717, 1.165) is 25.9 Å². The number of hydrogen-bond acceptors (Lipinski definition) is 6. The lowest BCUT2D eigenvalue weighted by Crippen LogP contribution is -3.05. The fourth-order valence-corrected chi connectivity index (χ4v) is 2.11. The van der Waals surface area contributed by atoms with Gasteiger partial charge in [0.25, 0.3) is 0 Å². The topological polar surface area (TPSA) is 130 Å². The van der Waals surface area contributed by atoms with Crippen LogP contribution in [0.1, 0.15) is 11.1 Å². The number of hydrogen-bond donors (Lipinski definition) is 4. The average molecular weight is 429 g/mol. The van der Waals surface area contributed by atoms with Gasteiger partial charge in [0.1, 0.15) is 11.5 Å². The summed E-state index contributed by atoms with van der Waals surface area (Å²) >= 11 is 0. The number of benzene rings is 2. The Balaban J connectivity index is 0.000000442. The summed E-state index contributed by atoms with van der Waals surface area (Å²) in [6.45, 7) is 2.26. The molecule has 0 unspecified atom stereocenters. The SMILES string of the molecule is C[NH+](C)CCc1ccc(O)cc1.C[NH+](C)CCc1ccc(O)cc1.O=S(=O)([O-])[O-]. The first-order valence-electron chi connectivity index (χ1n) is 9.17. The normalized spacial score (nSPS) is 10.8. The maximum absolute atomic E-state index is 9.03. The van der Waals surface area contributed by atoms with E-state index in [9.17, 15) is 0 Å². The summed E-state index contributed by atoms with van der Waals surface area (Å²) in [6, 6.07) is 14.8. The van der Waals surface area contributed by atoms with Crippen molar-refractivity contribution in [2.24, 2.45) is 0 Å². The van der Waals surface area contributed by atoms with Crippen LogP contribution in [0.4, 0.5) is 0 Å². The Morgan fingerprint density at radius 1 is 0.690 bits per heavy atom. The molecule has 0 spiro atoms. The molecule has 0 aliphatic carbocycles. The standard InChI is InChI=1S/2C10H15NO.H2O4S/c2*1-11(2)8-7-9-3-5-10(12)6-4-9;1-5(2,3)4/h2*3-6,12H,7-8H2,1-2H3;(H2,1,2,3,4). The first-order chi connectivity index (χ1) is 13.4. The lowest BCUT2D eigenvalue weighted by atomic mass is 10.1. The third kappa shape index (κ3) is 18.9. The maximum atomic E-state index is 9.03. The highest BCUT2D eigenvalue weighted by Crippen LogP contribution is 2.09. The molecule has 0 fully saturated rings. The van der Waals surface area contributed by atoms with Crippen molar-refractivity contribution in [3.8, 4) is 11.5 Å². The van der Waals surface area contributed by atoms with Gasteiger partial charge in [-0.05, 0) is 35.4 Å². The Bertz CT molecular complexity index is 714. The largest absolute Gasteiger partial charge is 0.759 e. The second-order valence-electron chi connectivity index (χ2n) is 7.16. The van der Waals surface area contributed by atoms with Crippen LogP contribution in [0.2, 0.25) is 0 Å². The van der Waals surface area contributed by atoms with E-state index in [1.807, 2.05) is 24.3 Å². The van der Waals surface area contributed by atoms with E-state index in [1.165, 1.54) is 20.9 Å². The maximum Gasteiger partial charge on any atom is 0.115 e. The monoisotopic (exact) mass is 428 g/mol. The molecule has 0 aliphatic heterocycles. The van der Waals surface area contributed by atoms with Gasteiger partial charge in [-0.3, -0.25) is 8.42 Å². The molecule has 164 valence electrons. The van der Waals surface area contributed by atoms with Crippen LogP contribution in [-0.2, 0) is 23.2 Å². The number of aromatic hydroxyl groups is 2. The van der Waals surface area contributed by atoms with Gasteiger partial charge in [-0.1, -0.05) is 24.3 Å². The predicted octanol–water partition coefficient (Wildman–Crippen LogP) is -1.18. The smallest absolute Gasteiger partial charge is 0.115 e. The number of likely N-dealkylation sites (N-methyl/N-ethyl adjacent to an activating group) is 2. The summed E-state index contributed by atoms with van der Waals surface area (Å²) < 4.78 is 34.1. The van der Waals surface area contributed by atoms with Gasteiger partial charge in [0.2, 0.25) is 0 Å². The average Bonchev–Trinajstić information content (AvgIpc) is 2.60. The lowest BCUT2D eigenvalue weighted by molar-refractivity contribution is -0.858. The highest BCUT2D eigenvalue weighted by atomic mass is 32.3. The summed E-state index contributed by atoms with van der Waals surface area (Å²) in [5.41, 5.74) is 2.57. The number of quaternary nitrogens is 2. The van der Waals surface area contributed by atoms with E-state index in [2.05, 4.69) is 28.2 Å². The fraction of sp³-hybridized carbons (Fsp3) is 0.400. The van der Waals surface area contributed by atoms with Crippen LogP contribution in [0, 0.1) is 0 Å².